The number of hydrogen-bond donors (Lipinski definition) is 2. The van der Waals surface area contributed by atoms with Gasteiger partial charge in [-0.1, -0.05) is 0 Å². The summed E-state index contributed by atoms with van der Waals surface area (Å²) in [6, 6.07) is 3.44. The van der Waals surface area contributed by atoms with Crippen LogP contribution in [-0.2, 0) is 22.6 Å². The van der Waals surface area contributed by atoms with E-state index in [1.54, 1.807) is 27.6 Å². The molecular formula is C18H22N6O3S. The summed E-state index contributed by atoms with van der Waals surface area (Å²) in [5.41, 5.74) is 1.58. The molecule has 28 heavy (non-hydrogen) atoms. The third-order valence-electron chi connectivity index (χ3n) is 4.36. The maximum atomic E-state index is 12.3. The van der Waals surface area contributed by atoms with Crippen molar-refractivity contribution in [1.29, 1.82) is 0 Å². The number of aromatic nitrogens is 2. The molecule has 0 aliphatic carbocycles. The van der Waals surface area contributed by atoms with Gasteiger partial charge in [-0.25, -0.2) is 9.78 Å². The average Bonchev–Trinajstić information content (AvgIpc) is 3.14. The maximum Gasteiger partial charge on any atom is 0.323 e. The Morgan fingerprint density at radius 2 is 1.79 bits per heavy atom. The molecular weight excluding hydrogens is 380 g/mol. The molecule has 9 nitrogen and oxygen atoms in total. The van der Waals surface area contributed by atoms with Crippen LogP contribution in [0.1, 0.15) is 18.2 Å². The molecule has 3 heterocycles. The van der Waals surface area contributed by atoms with Crippen molar-refractivity contribution in [1.82, 2.24) is 25.1 Å². The van der Waals surface area contributed by atoms with Gasteiger partial charge in [-0.05, 0) is 17.7 Å². The number of carbonyl (C=O) groups is 3. The summed E-state index contributed by atoms with van der Waals surface area (Å²) in [6.45, 7) is 4.00. The van der Waals surface area contributed by atoms with Crippen LogP contribution in [0, 0.1) is 0 Å². The molecule has 0 atom stereocenters. The summed E-state index contributed by atoms with van der Waals surface area (Å²) in [4.78, 5) is 47.4. The van der Waals surface area contributed by atoms with Crippen LogP contribution in [0.5, 0.6) is 0 Å². The van der Waals surface area contributed by atoms with Gasteiger partial charge in [-0.15, -0.1) is 11.3 Å². The van der Waals surface area contributed by atoms with E-state index in [0.717, 1.165) is 5.56 Å². The summed E-state index contributed by atoms with van der Waals surface area (Å²) in [5, 5.41) is 7.81. The van der Waals surface area contributed by atoms with Gasteiger partial charge < -0.3 is 15.1 Å². The molecule has 3 rings (SSSR count). The first kappa shape index (κ1) is 19.7. The van der Waals surface area contributed by atoms with E-state index < -0.39 is 0 Å². The molecule has 1 aliphatic rings. The Morgan fingerprint density at radius 3 is 2.46 bits per heavy atom. The highest BCUT2D eigenvalue weighted by Gasteiger charge is 2.23. The second kappa shape index (κ2) is 9.27. The molecule has 0 unspecified atom stereocenters. The van der Waals surface area contributed by atoms with Gasteiger partial charge in [0.15, 0.2) is 5.13 Å². The number of thiazole rings is 1. The van der Waals surface area contributed by atoms with Crippen molar-refractivity contribution in [3.63, 3.8) is 0 Å². The van der Waals surface area contributed by atoms with E-state index in [1.165, 1.54) is 18.3 Å². The van der Waals surface area contributed by atoms with Gasteiger partial charge in [-0.3, -0.25) is 19.9 Å². The van der Waals surface area contributed by atoms with E-state index in [0.29, 0.717) is 43.5 Å². The SMILES string of the molecule is CC(=O)N1CCN(C(=O)Nc2nc(CC(=O)NCc3ccncc3)cs2)CC1. The molecule has 2 N–H and O–H groups in total. The Labute approximate surface area is 166 Å². The number of urea groups is 1. The van der Waals surface area contributed by atoms with Gasteiger partial charge in [0.05, 0.1) is 12.1 Å². The van der Waals surface area contributed by atoms with E-state index in [4.69, 9.17) is 0 Å². The minimum Gasteiger partial charge on any atom is -0.352 e. The van der Waals surface area contributed by atoms with E-state index >= 15 is 0 Å². The Balaban J connectivity index is 1.44. The lowest BCUT2D eigenvalue weighted by atomic mass is 10.2. The van der Waals surface area contributed by atoms with Crippen molar-refractivity contribution in [3.05, 3.63) is 41.2 Å². The van der Waals surface area contributed by atoms with Gasteiger partial charge in [-0.2, -0.15) is 0 Å². The molecule has 10 heteroatoms. The molecule has 2 aromatic rings. The molecule has 1 saturated heterocycles. The minimum absolute atomic E-state index is 0.0202. The number of amides is 4. The van der Waals surface area contributed by atoms with Crippen molar-refractivity contribution in [2.24, 2.45) is 0 Å². The average molecular weight is 402 g/mol. The van der Waals surface area contributed by atoms with Crippen LogP contribution in [0.15, 0.2) is 29.9 Å². The van der Waals surface area contributed by atoms with E-state index in [-0.39, 0.29) is 24.3 Å². The van der Waals surface area contributed by atoms with Gasteiger partial charge in [0, 0.05) is 57.4 Å². The molecule has 4 amide bonds. The van der Waals surface area contributed by atoms with Crippen molar-refractivity contribution in [2.75, 3.05) is 31.5 Å². The van der Waals surface area contributed by atoms with Gasteiger partial charge >= 0.3 is 6.03 Å². The molecule has 0 aromatic carbocycles. The van der Waals surface area contributed by atoms with E-state index in [1.807, 2.05) is 12.1 Å². The van der Waals surface area contributed by atoms with Crippen molar-refractivity contribution >= 4 is 34.3 Å². The Morgan fingerprint density at radius 1 is 1.11 bits per heavy atom. The summed E-state index contributed by atoms with van der Waals surface area (Å²) in [7, 11) is 0. The normalized spacial score (nSPS) is 13.9. The zero-order valence-electron chi connectivity index (χ0n) is 15.6. The molecule has 0 saturated carbocycles. The van der Waals surface area contributed by atoms with Crippen molar-refractivity contribution in [2.45, 2.75) is 19.9 Å². The topological polar surface area (TPSA) is 108 Å². The van der Waals surface area contributed by atoms with Crippen molar-refractivity contribution < 1.29 is 14.4 Å². The standard InChI is InChI=1S/C18H22N6O3S/c1-13(25)23-6-8-24(9-7-23)18(27)22-17-21-15(12-28-17)10-16(26)20-11-14-2-4-19-5-3-14/h2-5,12H,6-11H2,1H3,(H,20,26)(H,21,22,27). The molecule has 148 valence electrons. The Kier molecular flexibility index (Phi) is 6.53. The number of hydrogen-bond acceptors (Lipinski definition) is 6. The second-order valence-corrected chi connectivity index (χ2v) is 7.23. The highest BCUT2D eigenvalue weighted by molar-refractivity contribution is 7.13. The van der Waals surface area contributed by atoms with Crippen LogP contribution < -0.4 is 10.6 Å². The lowest BCUT2D eigenvalue weighted by Gasteiger charge is -2.33. The van der Waals surface area contributed by atoms with Crippen LogP contribution >= 0.6 is 11.3 Å². The fraction of sp³-hybridized carbons (Fsp3) is 0.389. The molecule has 0 radical (unpaired) electrons. The van der Waals surface area contributed by atoms with Crippen molar-refractivity contribution in [3.8, 4) is 0 Å². The lowest BCUT2D eigenvalue weighted by molar-refractivity contribution is -0.130. The molecule has 1 aliphatic heterocycles. The van der Waals surface area contributed by atoms with E-state index in [2.05, 4.69) is 20.6 Å². The zero-order valence-corrected chi connectivity index (χ0v) is 16.4. The molecule has 0 spiro atoms. The first-order valence-electron chi connectivity index (χ1n) is 8.92. The number of carbonyl (C=O) groups excluding carboxylic acids is 3. The number of pyridine rings is 1. The smallest absolute Gasteiger partial charge is 0.323 e. The quantitative estimate of drug-likeness (QED) is 0.779. The van der Waals surface area contributed by atoms with E-state index in [9.17, 15) is 14.4 Å². The highest BCUT2D eigenvalue weighted by atomic mass is 32.1. The van der Waals surface area contributed by atoms with Crippen LogP contribution in [0.3, 0.4) is 0 Å². The second-order valence-electron chi connectivity index (χ2n) is 6.38. The summed E-state index contributed by atoms with van der Waals surface area (Å²) < 4.78 is 0. The van der Waals surface area contributed by atoms with Crippen LogP contribution in [0.25, 0.3) is 0 Å². The highest BCUT2D eigenvalue weighted by Crippen LogP contribution is 2.17. The van der Waals surface area contributed by atoms with Gasteiger partial charge in [0.1, 0.15) is 0 Å². The fourth-order valence-corrected chi connectivity index (χ4v) is 3.47. The summed E-state index contributed by atoms with van der Waals surface area (Å²) in [6.07, 6.45) is 3.50. The molecule has 1 fully saturated rings. The Bertz CT molecular complexity index is 833. The van der Waals surface area contributed by atoms with Crippen LogP contribution in [0.4, 0.5) is 9.93 Å². The largest absolute Gasteiger partial charge is 0.352 e. The first-order chi connectivity index (χ1) is 13.5. The monoisotopic (exact) mass is 402 g/mol. The molecule has 0 bridgehead atoms. The number of anilines is 1. The summed E-state index contributed by atoms with van der Waals surface area (Å²) >= 11 is 1.28. The number of nitrogens with one attached hydrogen (secondary N) is 2. The van der Waals surface area contributed by atoms with Gasteiger partial charge in [0.2, 0.25) is 11.8 Å². The van der Waals surface area contributed by atoms with Crippen LogP contribution in [0.2, 0.25) is 0 Å². The number of piperazine rings is 1. The first-order valence-corrected chi connectivity index (χ1v) is 9.80. The predicted octanol–water partition coefficient (Wildman–Crippen LogP) is 1.09. The third kappa shape index (κ3) is 5.49. The minimum atomic E-state index is -0.244. The molecule has 2 aromatic heterocycles. The zero-order chi connectivity index (χ0) is 19.9. The number of rotatable bonds is 5. The van der Waals surface area contributed by atoms with Crippen LogP contribution in [-0.4, -0.2) is 63.8 Å². The Hall–Kier alpha value is -3.01. The third-order valence-corrected chi connectivity index (χ3v) is 5.17. The summed E-state index contributed by atoms with van der Waals surface area (Å²) in [5.74, 6) is -0.118. The fourth-order valence-electron chi connectivity index (χ4n) is 2.77. The predicted molar refractivity (Wildman–Crippen MR) is 105 cm³/mol. The maximum absolute atomic E-state index is 12.3. The van der Waals surface area contributed by atoms with Gasteiger partial charge in [0.25, 0.3) is 0 Å². The lowest BCUT2D eigenvalue weighted by Crippen LogP contribution is -2.51. The number of nitrogens with zero attached hydrogens (tertiary/aromatic N) is 4.